The Kier molecular flexibility index (Phi) is 3.93. The number of aryl methyl sites for hydroxylation is 1. The van der Waals surface area contributed by atoms with Crippen molar-refractivity contribution in [2.45, 2.75) is 13.3 Å². The molecular formula is C9H13ClN2O2S. The monoisotopic (exact) mass is 248 g/mol. The third-order valence-electron chi connectivity index (χ3n) is 2.09. The maximum atomic E-state index is 11.3. The lowest BCUT2D eigenvalue weighted by Gasteiger charge is -2.05. The van der Waals surface area contributed by atoms with E-state index in [0.29, 0.717) is 22.8 Å². The van der Waals surface area contributed by atoms with Crippen LogP contribution >= 0.6 is 11.6 Å². The molecule has 2 N–H and O–H groups in total. The van der Waals surface area contributed by atoms with Crippen LogP contribution in [-0.4, -0.2) is 24.9 Å². The minimum Gasteiger partial charge on any atom is -0.383 e. The summed E-state index contributed by atoms with van der Waals surface area (Å²) in [5, 5.41) is 0.466. The summed E-state index contributed by atoms with van der Waals surface area (Å²) in [7, 11) is -2.97. The number of pyridine rings is 1. The van der Waals surface area contributed by atoms with Gasteiger partial charge in [-0.1, -0.05) is 18.5 Å². The highest BCUT2D eigenvalue weighted by molar-refractivity contribution is 7.91. The second kappa shape index (κ2) is 4.81. The molecule has 4 nitrogen and oxygen atoms in total. The van der Waals surface area contributed by atoms with Crippen molar-refractivity contribution in [2.24, 2.45) is 0 Å². The second-order valence-corrected chi connectivity index (χ2v) is 6.09. The first-order chi connectivity index (χ1) is 6.94. The molecular weight excluding hydrogens is 236 g/mol. The number of sulfone groups is 1. The fourth-order valence-corrected chi connectivity index (χ4v) is 2.10. The lowest BCUT2D eigenvalue weighted by Crippen LogP contribution is -2.12. The first-order valence-corrected chi connectivity index (χ1v) is 6.75. The molecule has 0 fully saturated rings. The van der Waals surface area contributed by atoms with Crippen molar-refractivity contribution in [1.29, 1.82) is 0 Å². The van der Waals surface area contributed by atoms with E-state index in [-0.39, 0.29) is 11.5 Å². The summed E-state index contributed by atoms with van der Waals surface area (Å²) in [4.78, 5) is 3.86. The number of aromatic nitrogens is 1. The van der Waals surface area contributed by atoms with Gasteiger partial charge < -0.3 is 5.73 Å². The van der Waals surface area contributed by atoms with Crippen LogP contribution in [0, 0.1) is 0 Å². The molecule has 6 heteroatoms. The van der Waals surface area contributed by atoms with Gasteiger partial charge >= 0.3 is 0 Å². The standard InChI is InChI=1S/C9H13ClN2O2S/c1-2-15(13,14)4-3-7-5-8(10)6-12-9(7)11/h5-6H,2-4H2,1H3,(H2,11,12). The summed E-state index contributed by atoms with van der Waals surface area (Å²) in [6, 6.07) is 1.65. The fraction of sp³-hybridized carbons (Fsp3) is 0.444. The number of hydrogen-bond acceptors (Lipinski definition) is 4. The summed E-state index contributed by atoms with van der Waals surface area (Å²) in [5.74, 6) is 0.557. The SMILES string of the molecule is CCS(=O)(=O)CCc1cc(Cl)cnc1N. The molecule has 0 spiro atoms. The van der Waals surface area contributed by atoms with Crippen molar-refractivity contribution in [3.05, 3.63) is 22.8 Å². The van der Waals surface area contributed by atoms with Gasteiger partial charge in [-0.15, -0.1) is 0 Å². The molecule has 0 saturated heterocycles. The molecule has 0 aliphatic carbocycles. The van der Waals surface area contributed by atoms with E-state index < -0.39 is 9.84 Å². The lowest BCUT2D eigenvalue weighted by atomic mass is 10.2. The third-order valence-corrected chi connectivity index (χ3v) is 4.00. The van der Waals surface area contributed by atoms with Crippen LogP contribution < -0.4 is 5.73 Å². The van der Waals surface area contributed by atoms with E-state index in [1.165, 1.54) is 6.20 Å². The van der Waals surface area contributed by atoms with Gasteiger partial charge in [-0.05, 0) is 18.1 Å². The van der Waals surface area contributed by atoms with Gasteiger partial charge in [0, 0.05) is 11.9 Å². The Bertz CT molecular complexity index is 445. The Hall–Kier alpha value is -0.810. The fourth-order valence-electron chi connectivity index (χ4n) is 1.10. The van der Waals surface area contributed by atoms with Gasteiger partial charge in [0.25, 0.3) is 0 Å². The summed E-state index contributed by atoms with van der Waals surface area (Å²) < 4.78 is 22.5. The Balaban J connectivity index is 2.78. The van der Waals surface area contributed by atoms with Crippen LogP contribution in [-0.2, 0) is 16.3 Å². The van der Waals surface area contributed by atoms with Crippen molar-refractivity contribution in [1.82, 2.24) is 4.98 Å². The Morgan fingerprint density at radius 3 is 2.80 bits per heavy atom. The molecule has 1 aromatic heterocycles. The average molecular weight is 249 g/mol. The zero-order valence-electron chi connectivity index (χ0n) is 8.40. The zero-order chi connectivity index (χ0) is 11.5. The number of anilines is 1. The van der Waals surface area contributed by atoms with Crippen molar-refractivity contribution < 1.29 is 8.42 Å². The molecule has 0 radical (unpaired) electrons. The zero-order valence-corrected chi connectivity index (χ0v) is 9.98. The van der Waals surface area contributed by atoms with Gasteiger partial charge in [-0.3, -0.25) is 0 Å². The molecule has 1 rings (SSSR count). The van der Waals surface area contributed by atoms with E-state index in [2.05, 4.69) is 4.98 Å². The van der Waals surface area contributed by atoms with E-state index in [1.807, 2.05) is 0 Å². The van der Waals surface area contributed by atoms with Crippen LogP contribution in [0.4, 0.5) is 5.82 Å². The molecule has 0 aromatic carbocycles. The minimum atomic E-state index is -2.97. The molecule has 0 bridgehead atoms. The van der Waals surface area contributed by atoms with Crippen molar-refractivity contribution in [2.75, 3.05) is 17.2 Å². The Morgan fingerprint density at radius 2 is 2.20 bits per heavy atom. The van der Waals surface area contributed by atoms with Gasteiger partial charge in [0.05, 0.1) is 10.8 Å². The highest BCUT2D eigenvalue weighted by Gasteiger charge is 2.10. The first-order valence-electron chi connectivity index (χ1n) is 4.55. The van der Waals surface area contributed by atoms with Gasteiger partial charge in [-0.2, -0.15) is 0 Å². The predicted octanol–water partition coefficient (Wildman–Crippen LogP) is 1.29. The summed E-state index contributed by atoms with van der Waals surface area (Å²) in [5.41, 5.74) is 6.28. The Morgan fingerprint density at radius 1 is 1.53 bits per heavy atom. The van der Waals surface area contributed by atoms with Crippen LogP contribution in [0.25, 0.3) is 0 Å². The van der Waals surface area contributed by atoms with Crippen molar-refractivity contribution in [3.63, 3.8) is 0 Å². The molecule has 0 atom stereocenters. The van der Waals surface area contributed by atoms with Crippen molar-refractivity contribution in [3.8, 4) is 0 Å². The van der Waals surface area contributed by atoms with E-state index in [0.717, 1.165) is 0 Å². The predicted molar refractivity (Wildman–Crippen MR) is 61.7 cm³/mol. The third kappa shape index (κ3) is 3.68. The van der Waals surface area contributed by atoms with Gasteiger partial charge in [0.2, 0.25) is 0 Å². The van der Waals surface area contributed by atoms with Crippen LogP contribution in [0.1, 0.15) is 12.5 Å². The molecule has 0 aliphatic rings. The largest absolute Gasteiger partial charge is 0.383 e. The molecule has 15 heavy (non-hydrogen) atoms. The molecule has 0 aliphatic heterocycles. The topological polar surface area (TPSA) is 73.0 Å². The van der Waals surface area contributed by atoms with E-state index in [1.54, 1.807) is 13.0 Å². The number of hydrogen-bond donors (Lipinski definition) is 1. The summed E-state index contributed by atoms with van der Waals surface area (Å²) in [6.07, 6.45) is 1.80. The van der Waals surface area contributed by atoms with Gasteiger partial charge in [0.1, 0.15) is 15.7 Å². The highest BCUT2D eigenvalue weighted by Crippen LogP contribution is 2.15. The van der Waals surface area contributed by atoms with Crippen LogP contribution in [0.3, 0.4) is 0 Å². The molecule has 0 saturated carbocycles. The Labute approximate surface area is 94.4 Å². The van der Waals surface area contributed by atoms with Crippen molar-refractivity contribution >= 4 is 27.3 Å². The van der Waals surface area contributed by atoms with Gasteiger partial charge in [0.15, 0.2) is 0 Å². The summed E-state index contributed by atoms with van der Waals surface area (Å²) in [6.45, 7) is 1.62. The highest BCUT2D eigenvalue weighted by atomic mass is 35.5. The van der Waals surface area contributed by atoms with E-state index >= 15 is 0 Å². The average Bonchev–Trinajstić information content (AvgIpc) is 2.20. The molecule has 1 heterocycles. The second-order valence-electron chi connectivity index (χ2n) is 3.18. The first kappa shape index (κ1) is 12.3. The maximum Gasteiger partial charge on any atom is 0.150 e. The van der Waals surface area contributed by atoms with E-state index in [9.17, 15) is 8.42 Å². The minimum absolute atomic E-state index is 0.0791. The number of rotatable bonds is 4. The van der Waals surface area contributed by atoms with E-state index in [4.69, 9.17) is 17.3 Å². The van der Waals surface area contributed by atoms with Crippen LogP contribution in [0.2, 0.25) is 5.02 Å². The smallest absolute Gasteiger partial charge is 0.150 e. The maximum absolute atomic E-state index is 11.3. The van der Waals surface area contributed by atoms with Gasteiger partial charge in [-0.25, -0.2) is 13.4 Å². The number of nitrogen functional groups attached to an aromatic ring is 1. The van der Waals surface area contributed by atoms with Crippen LogP contribution in [0.15, 0.2) is 12.3 Å². The number of halogens is 1. The molecule has 1 aromatic rings. The molecule has 0 unspecified atom stereocenters. The quantitative estimate of drug-likeness (QED) is 0.872. The summed E-state index contributed by atoms with van der Waals surface area (Å²) >= 11 is 5.73. The normalized spacial score (nSPS) is 11.6. The number of nitrogens with two attached hydrogens (primary N) is 1. The molecule has 0 amide bonds. The van der Waals surface area contributed by atoms with Crippen LogP contribution in [0.5, 0.6) is 0 Å². The molecule has 84 valence electrons. The number of nitrogens with zero attached hydrogens (tertiary/aromatic N) is 1. The lowest BCUT2D eigenvalue weighted by molar-refractivity contribution is 0.596.